The number of amides is 4. The second kappa shape index (κ2) is 18.7. The Kier molecular flexibility index (Phi) is 15.6. The van der Waals surface area contributed by atoms with Crippen LogP contribution in [-0.4, -0.2) is 98.2 Å². The summed E-state index contributed by atoms with van der Waals surface area (Å²) in [6.07, 6.45) is -8.42. The summed E-state index contributed by atoms with van der Waals surface area (Å²) in [4.78, 5) is 72.3. The first-order valence-electron chi connectivity index (χ1n) is 16.0. The second-order valence-corrected chi connectivity index (χ2v) is 16.6. The van der Waals surface area contributed by atoms with Gasteiger partial charge in [-0.15, -0.1) is 0 Å². The number of imide groups is 2. The Bertz CT molecular complexity index is 1770. The van der Waals surface area contributed by atoms with E-state index in [9.17, 15) is 40.7 Å². The van der Waals surface area contributed by atoms with Gasteiger partial charge in [0.15, 0.2) is 11.9 Å². The van der Waals surface area contributed by atoms with Crippen LogP contribution in [0, 0.1) is 5.41 Å². The Morgan fingerprint density at radius 3 is 1.12 bits per heavy atom. The summed E-state index contributed by atoms with van der Waals surface area (Å²) in [5.74, 6) is -6.67. The minimum absolute atomic E-state index is 0.0494. The first-order valence-corrected chi connectivity index (χ1v) is 19.2. The van der Waals surface area contributed by atoms with Crippen molar-refractivity contribution in [2.24, 2.45) is 38.3 Å². The first kappa shape index (κ1) is 47.4. The number of carboxylic acid groups (broad SMARTS) is 2. The number of benzene rings is 2. The van der Waals surface area contributed by atoms with Crippen LogP contribution in [0.4, 0.5) is 31.1 Å². The van der Waals surface area contributed by atoms with Gasteiger partial charge in [0.25, 0.3) is 0 Å². The normalized spacial score (nSPS) is 21.4. The Labute approximate surface area is 352 Å². The van der Waals surface area contributed by atoms with E-state index in [1.54, 1.807) is 0 Å². The van der Waals surface area contributed by atoms with Crippen LogP contribution < -0.4 is 22.9 Å². The van der Waals surface area contributed by atoms with Gasteiger partial charge in [0, 0.05) is 30.0 Å². The number of hydrogen-bond donors (Lipinski definition) is 6. The zero-order valence-corrected chi connectivity index (χ0v) is 35.2. The predicted octanol–water partition coefficient (Wildman–Crippen LogP) is 5.17. The molecule has 57 heavy (non-hydrogen) atoms. The van der Waals surface area contributed by atoms with Crippen LogP contribution in [0.2, 0.25) is 0 Å². The molecule has 3 fully saturated rings. The molecule has 0 spiro atoms. The van der Waals surface area contributed by atoms with Crippen molar-refractivity contribution in [1.82, 2.24) is 9.80 Å². The van der Waals surface area contributed by atoms with Gasteiger partial charge in [-0.05, 0) is 86.1 Å². The lowest BCUT2D eigenvalue weighted by atomic mass is 9.70. The first-order chi connectivity index (χ1) is 26.1. The van der Waals surface area contributed by atoms with Crippen molar-refractivity contribution in [3.05, 3.63) is 65.4 Å². The number of carbonyl (C=O) groups excluding carboxylic acids is 3. The summed E-state index contributed by atoms with van der Waals surface area (Å²) >= 11 is 14.1. The van der Waals surface area contributed by atoms with Gasteiger partial charge in [-0.3, -0.25) is 29.4 Å². The molecular formula is C32H32Br4F6N8O7. The van der Waals surface area contributed by atoms with E-state index in [0.29, 0.717) is 25.7 Å². The highest BCUT2D eigenvalue weighted by Gasteiger charge is 2.62. The summed E-state index contributed by atoms with van der Waals surface area (Å²) in [5, 5.41) is 14.2. The summed E-state index contributed by atoms with van der Waals surface area (Å²) in [7, 11) is 0. The van der Waals surface area contributed by atoms with Crippen molar-refractivity contribution in [2.75, 3.05) is 0 Å². The van der Waals surface area contributed by atoms with Gasteiger partial charge in [0.2, 0.25) is 11.8 Å². The van der Waals surface area contributed by atoms with Crippen molar-refractivity contribution in [3.8, 4) is 0 Å². The minimum atomic E-state index is -5.08. The van der Waals surface area contributed by atoms with E-state index in [1.807, 2.05) is 36.4 Å². The number of aliphatic carboxylic acids is 2. The van der Waals surface area contributed by atoms with E-state index >= 15 is 0 Å². The smallest absolute Gasteiger partial charge is 0.475 e. The van der Waals surface area contributed by atoms with Crippen molar-refractivity contribution < 1.29 is 60.5 Å². The topological polar surface area (TPSA) is 261 Å². The van der Waals surface area contributed by atoms with Crippen LogP contribution in [0.3, 0.4) is 0 Å². The SMILES string of the molecule is NC(N)=NC1CC(N2C(=O)N(C3CC(N=C(N)N)C3)C(=O)C(Cc3cc(Br)cc(Br)c3)(Cc3cc(Br)cc(Br)c3)C2=O)C1.O=C(O)C(F)(F)F.O=C(O)C(F)(F)F. The molecule has 1 aliphatic heterocycles. The average Bonchev–Trinajstić information content (AvgIpc) is 2.99. The largest absolute Gasteiger partial charge is 0.490 e. The van der Waals surface area contributed by atoms with Crippen molar-refractivity contribution >= 4 is 105 Å². The third kappa shape index (κ3) is 12.5. The molecule has 0 unspecified atom stereocenters. The lowest BCUT2D eigenvalue weighted by Gasteiger charge is -2.53. The number of rotatable bonds is 8. The molecule has 1 saturated heterocycles. The number of urea groups is 1. The molecule has 3 aliphatic rings. The molecule has 5 rings (SSSR count). The monoisotopic (exact) mass is 1070 g/mol. The van der Waals surface area contributed by atoms with E-state index < -0.39 is 59.6 Å². The van der Waals surface area contributed by atoms with Gasteiger partial charge in [-0.2, -0.15) is 26.3 Å². The third-order valence-corrected chi connectivity index (χ3v) is 10.4. The minimum Gasteiger partial charge on any atom is -0.475 e. The Morgan fingerprint density at radius 2 is 0.895 bits per heavy atom. The lowest BCUT2D eigenvalue weighted by Crippen LogP contribution is -2.72. The number of nitrogens with zero attached hydrogens (tertiary/aromatic N) is 4. The number of carbonyl (C=O) groups is 5. The fourth-order valence-corrected chi connectivity index (χ4v) is 8.92. The van der Waals surface area contributed by atoms with Crippen LogP contribution in [-0.2, 0) is 32.0 Å². The number of nitrogens with two attached hydrogens (primary N) is 4. The standard InChI is InChI=1S/C28H30Br4N8O3.2C2HF3O2/c29-15-1-13(2-16(30)5-15)11-28(12-14-3-17(31)6-18(32)4-14)23(41)39(21-7-19(8-21)37-25(33)34)27(43)40(24(28)42)22-9-20(10-22)38-26(35)36;2*3-2(4,5)1(6)7/h1-6,19-22H,7-12H2,(H4,33,34,37)(H4,35,36,38);2*(H,6,7). The quantitative estimate of drug-likeness (QED) is 0.0869. The molecule has 0 aromatic heterocycles. The molecule has 2 aromatic rings. The molecule has 0 bridgehead atoms. The lowest BCUT2D eigenvalue weighted by molar-refractivity contribution is -0.193. The number of carboxylic acids is 2. The molecule has 2 saturated carbocycles. The fraction of sp³-hybridized carbons (Fsp3) is 0.406. The summed E-state index contributed by atoms with van der Waals surface area (Å²) < 4.78 is 66.6. The van der Waals surface area contributed by atoms with Crippen LogP contribution in [0.1, 0.15) is 36.8 Å². The maximum Gasteiger partial charge on any atom is 0.490 e. The summed E-state index contributed by atoms with van der Waals surface area (Å²) in [6.45, 7) is 0. The number of alkyl halides is 6. The molecule has 0 radical (unpaired) electrons. The Morgan fingerprint density at radius 1 is 0.632 bits per heavy atom. The van der Waals surface area contributed by atoms with Gasteiger partial charge in [0.1, 0.15) is 5.41 Å². The Balaban J connectivity index is 0.000000531. The van der Waals surface area contributed by atoms with Crippen LogP contribution in [0.25, 0.3) is 0 Å². The molecule has 4 amide bonds. The van der Waals surface area contributed by atoms with E-state index in [4.69, 9.17) is 42.7 Å². The highest BCUT2D eigenvalue weighted by Crippen LogP contribution is 2.45. The van der Waals surface area contributed by atoms with Gasteiger partial charge < -0.3 is 33.1 Å². The van der Waals surface area contributed by atoms with E-state index in [-0.39, 0.29) is 36.8 Å². The van der Waals surface area contributed by atoms with Crippen LogP contribution in [0.5, 0.6) is 0 Å². The molecule has 1 heterocycles. The number of hydrogen-bond acceptors (Lipinski definition) is 7. The molecule has 312 valence electrons. The highest BCUT2D eigenvalue weighted by atomic mass is 79.9. The van der Waals surface area contributed by atoms with Crippen LogP contribution in [0.15, 0.2) is 64.3 Å². The zero-order chi connectivity index (χ0) is 43.4. The molecule has 15 nitrogen and oxygen atoms in total. The molecule has 2 aliphatic carbocycles. The molecule has 0 atom stereocenters. The van der Waals surface area contributed by atoms with Gasteiger partial charge >= 0.3 is 30.3 Å². The summed E-state index contributed by atoms with van der Waals surface area (Å²) in [6, 6.07) is 9.31. The molecule has 10 N–H and O–H groups in total. The van der Waals surface area contributed by atoms with Gasteiger partial charge in [-0.1, -0.05) is 63.7 Å². The van der Waals surface area contributed by atoms with E-state index in [2.05, 4.69) is 73.7 Å². The number of barbiturate groups is 1. The maximum atomic E-state index is 14.7. The van der Waals surface area contributed by atoms with Crippen molar-refractivity contribution in [2.45, 2.75) is 75.0 Å². The number of guanidine groups is 2. The molecule has 2 aromatic carbocycles. The summed E-state index contributed by atoms with van der Waals surface area (Å²) in [5.41, 5.74) is 22.2. The second-order valence-electron chi connectivity index (χ2n) is 12.9. The van der Waals surface area contributed by atoms with Crippen molar-refractivity contribution in [3.63, 3.8) is 0 Å². The maximum absolute atomic E-state index is 14.7. The Hall–Kier alpha value is -3.97. The number of aliphatic imine (C=N–C) groups is 2. The van der Waals surface area contributed by atoms with E-state index in [0.717, 1.165) is 29.0 Å². The van der Waals surface area contributed by atoms with E-state index in [1.165, 1.54) is 9.80 Å². The van der Waals surface area contributed by atoms with Crippen molar-refractivity contribution in [1.29, 1.82) is 0 Å². The average molecular weight is 1070 g/mol. The number of halogens is 10. The zero-order valence-electron chi connectivity index (χ0n) is 28.8. The fourth-order valence-electron chi connectivity index (χ4n) is 6.15. The molecular weight excluding hydrogens is 1040 g/mol. The third-order valence-electron chi connectivity index (χ3n) is 8.58. The predicted molar refractivity (Wildman–Crippen MR) is 205 cm³/mol. The van der Waals surface area contributed by atoms with Gasteiger partial charge in [0.05, 0.1) is 12.1 Å². The van der Waals surface area contributed by atoms with Gasteiger partial charge in [-0.25, -0.2) is 14.4 Å². The van der Waals surface area contributed by atoms with Crippen LogP contribution >= 0.6 is 63.7 Å². The molecule has 25 heteroatoms. The highest BCUT2D eigenvalue weighted by molar-refractivity contribution is 9.11.